The lowest BCUT2D eigenvalue weighted by molar-refractivity contribution is -0.111. The molecule has 0 aliphatic carbocycles. The van der Waals surface area contributed by atoms with Crippen LogP contribution in [0, 0.1) is 0 Å². The number of hydrogen-bond acceptors (Lipinski definition) is 2. The Bertz CT molecular complexity index is 884. The molecule has 23 heavy (non-hydrogen) atoms. The standard InChI is InChI=1S/C20H18N2O/c1-3-20(23)22-17-8-4-7-15(12-17)16-11-10-14-6-5-9-19(21-2)18(14)13-16/h3-13,21H,1H2,2H3,(H,22,23). The molecule has 3 aromatic rings. The van der Waals surface area contributed by atoms with E-state index < -0.39 is 0 Å². The van der Waals surface area contributed by atoms with Gasteiger partial charge in [-0.1, -0.05) is 43.0 Å². The monoisotopic (exact) mass is 302 g/mol. The van der Waals surface area contributed by atoms with E-state index in [-0.39, 0.29) is 5.91 Å². The van der Waals surface area contributed by atoms with E-state index in [1.807, 2.05) is 37.4 Å². The summed E-state index contributed by atoms with van der Waals surface area (Å²) in [6.45, 7) is 3.47. The van der Waals surface area contributed by atoms with Gasteiger partial charge >= 0.3 is 0 Å². The summed E-state index contributed by atoms with van der Waals surface area (Å²) in [4.78, 5) is 11.4. The van der Waals surface area contributed by atoms with Crippen LogP contribution in [0.2, 0.25) is 0 Å². The number of amides is 1. The van der Waals surface area contributed by atoms with E-state index in [0.29, 0.717) is 0 Å². The number of hydrogen-bond donors (Lipinski definition) is 2. The van der Waals surface area contributed by atoms with Crippen LogP contribution in [0.25, 0.3) is 21.9 Å². The summed E-state index contributed by atoms with van der Waals surface area (Å²) in [6, 6.07) is 20.4. The van der Waals surface area contributed by atoms with Crippen molar-refractivity contribution in [1.82, 2.24) is 0 Å². The van der Waals surface area contributed by atoms with Crippen molar-refractivity contribution in [2.24, 2.45) is 0 Å². The summed E-state index contributed by atoms with van der Waals surface area (Å²) in [5, 5.41) is 8.38. The molecular formula is C20H18N2O. The lowest BCUT2D eigenvalue weighted by Crippen LogP contribution is -2.06. The minimum absolute atomic E-state index is 0.210. The zero-order valence-electron chi connectivity index (χ0n) is 13.0. The zero-order valence-corrected chi connectivity index (χ0v) is 13.0. The van der Waals surface area contributed by atoms with Crippen LogP contribution in [0.4, 0.5) is 11.4 Å². The van der Waals surface area contributed by atoms with Crippen molar-refractivity contribution in [2.45, 2.75) is 0 Å². The number of carbonyl (C=O) groups is 1. The van der Waals surface area contributed by atoms with Gasteiger partial charge in [0.15, 0.2) is 0 Å². The molecule has 3 rings (SSSR count). The van der Waals surface area contributed by atoms with Crippen molar-refractivity contribution in [1.29, 1.82) is 0 Å². The van der Waals surface area contributed by atoms with E-state index in [0.717, 1.165) is 22.5 Å². The van der Waals surface area contributed by atoms with E-state index in [2.05, 4.69) is 47.5 Å². The molecule has 0 saturated heterocycles. The van der Waals surface area contributed by atoms with Crippen LogP contribution in [-0.4, -0.2) is 13.0 Å². The first-order valence-corrected chi connectivity index (χ1v) is 7.45. The second-order valence-electron chi connectivity index (χ2n) is 5.27. The Balaban J connectivity index is 2.04. The van der Waals surface area contributed by atoms with Crippen LogP contribution in [-0.2, 0) is 4.79 Å². The highest BCUT2D eigenvalue weighted by atomic mass is 16.1. The van der Waals surface area contributed by atoms with Gasteiger partial charge in [0.05, 0.1) is 0 Å². The van der Waals surface area contributed by atoms with Gasteiger partial charge in [-0.25, -0.2) is 0 Å². The maximum absolute atomic E-state index is 11.4. The molecule has 0 radical (unpaired) electrons. The molecule has 0 aliphatic rings. The van der Waals surface area contributed by atoms with Crippen LogP contribution in [0.3, 0.4) is 0 Å². The third-order valence-electron chi connectivity index (χ3n) is 3.80. The highest BCUT2D eigenvalue weighted by molar-refractivity contribution is 6.00. The predicted octanol–water partition coefficient (Wildman–Crippen LogP) is 4.67. The molecular weight excluding hydrogens is 284 g/mol. The van der Waals surface area contributed by atoms with Crippen molar-refractivity contribution in [3.05, 3.63) is 73.3 Å². The molecule has 3 nitrogen and oxygen atoms in total. The fourth-order valence-electron chi connectivity index (χ4n) is 2.64. The highest BCUT2D eigenvalue weighted by Gasteiger charge is 2.05. The van der Waals surface area contributed by atoms with Crippen molar-refractivity contribution in [2.75, 3.05) is 17.7 Å². The van der Waals surface area contributed by atoms with Crippen LogP contribution in [0.15, 0.2) is 73.3 Å². The van der Waals surface area contributed by atoms with Crippen LogP contribution in [0.1, 0.15) is 0 Å². The normalized spacial score (nSPS) is 10.3. The van der Waals surface area contributed by atoms with Crippen molar-refractivity contribution >= 4 is 28.1 Å². The summed E-state index contributed by atoms with van der Waals surface area (Å²) in [5.74, 6) is -0.210. The van der Waals surface area contributed by atoms with Gasteiger partial charge in [-0.3, -0.25) is 4.79 Å². The van der Waals surface area contributed by atoms with Crippen LogP contribution in [0.5, 0.6) is 0 Å². The molecule has 114 valence electrons. The van der Waals surface area contributed by atoms with Gasteiger partial charge in [0.2, 0.25) is 5.91 Å². The Kier molecular flexibility index (Phi) is 4.11. The molecule has 2 N–H and O–H groups in total. The zero-order chi connectivity index (χ0) is 16.2. The van der Waals surface area contributed by atoms with E-state index in [1.54, 1.807) is 0 Å². The smallest absolute Gasteiger partial charge is 0.247 e. The van der Waals surface area contributed by atoms with Gasteiger partial charge < -0.3 is 10.6 Å². The summed E-state index contributed by atoms with van der Waals surface area (Å²) >= 11 is 0. The fraction of sp³-hybridized carbons (Fsp3) is 0.0500. The lowest BCUT2D eigenvalue weighted by Gasteiger charge is -2.10. The molecule has 0 fully saturated rings. The van der Waals surface area contributed by atoms with E-state index in [4.69, 9.17) is 0 Å². The Hall–Kier alpha value is -3.07. The highest BCUT2D eigenvalue weighted by Crippen LogP contribution is 2.30. The summed E-state index contributed by atoms with van der Waals surface area (Å²) in [7, 11) is 1.92. The summed E-state index contributed by atoms with van der Waals surface area (Å²) < 4.78 is 0. The Labute approximate surface area is 135 Å². The van der Waals surface area contributed by atoms with Gasteiger partial charge in [0.25, 0.3) is 0 Å². The number of nitrogens with one attached hydrogen (secondary N) is 2. The van der Waals surface area contributed by atoms with Gasteiger partial charge in [-0.15, -0.1) is 0 Å². The fourth-order valence-corrected chi connectivity index (χ4v) is 2.64. The molecule has 3 heteroatoms. The third kappa shape index (κ3) is 3.09. The molecule has 0 unspecified atom stereocenters. The molecule has 0 heterocycles. The molecule has 0 aromatic heterocycles. The molecule has 0 spiro atoms. The van der Waals surface area contributed by atoms with E-state index in [9.17, 15) is 4.79 Å². The predicted molar refractivity (Wildman–Crippen MR) is 97.8 cm³/mol. The largest absolute Gasteiger partial charge is 0.388 e. The Morgan fingerprint density at radius 3 is 2.57 bits per heavy atom. The average Bonchev–Trinajstić information content (AvgIpc) is 2.60. The minimum Gasteiger partial charge on any atom is -0.388 e. The van der Waals surface area contributed by atoms with Gasteiger partial charge in [-0.2, -0.15) is 0 Å². The van der Waals surface area contributed by atoms with E-state index in [1.165, 1.54) is 16.8 Å². The average molecular weight is 302 g/mol. The first kappa shape index (κ1) is 14.9. The molecule has 0 atom stereocenters. The maximum Gasteiger partial charge on any atom is 0.247 e. The molecule has 0 aliphatic heterocycles. The van der Waals surface area contributed by atoms with Crippen LogP contribution < -0.4 is 10.6 Å². The van der Waals surface area contributed by atoms with Crippen molar-refractivity contribution in [3.63, 3.8) is 0 Å². The summed E-state index contributed by atoms with van der Waals surface area (Å²) in [5.41, 5.74) is 4.02. The lowest BCUT2D eigenvalue weighted by atomic mass is 10.00. The van der Waals surface area contributed by atoms with Gasteiger partial charge in [-0.05, 0) is 46.9 Å². The van der Waals surface area contributed by atoms with E-state index >= 15 is 0 Å². The molecule has 1 amide bonds. The molecule has 0 saturated carbocycles. The topological polar surface area (TPSA) is 41.1 Å². The Morgan fingerprint density at radius 2 is 1.78 bits per heavy atom. The van der Waals surface area contributed by atoms with Gasteiger partial charge in [0, 0.05) is 23.8 Å². The first-order valence-electron chi connectivity index (χ1n) is 7.45. The van der Waals surface area contributed by atoms with Crippen molar-refractivity contribution < 1.29 is 4.79 Å². The number of anilines is 2. The quantitative estimate of drug-likeness (QED) is 0.687. The number of fused-ring (bicyclic) bond motifs is 1. The number of carbonyl (C=O) groups excluding carboxylic acids is 1. The molecule has 0 bridgehead atoms. The van der Waals surface area contributed by atoms with Crippen LogP contribution >= 0.6 is 0 Å². The number of rotatable bonds is 4. The number of benzene rings is 3. The first-order chi connectivity index (χ1) is 11.2. The Morgan fingerprint density at radius 1 is 1.00 bits per heavy atom. The second-order valence-corrected chi connectivity index (χ2v) is 5.27. The van der Waals surface area contributed by atoms with Crippen molar-refractivity contribution in [3.8, 4) is 11.1 Å². The molecule has 3 aromatic carbocycles. The summed E-state index contributed by atoms with van der Waals surface area (Å²) in [6.07, 6.45) is 1.27. The SMILES string of the molecule is C=CC(=O)Nc1cccc(-c2ccc3cccc(NC)c3c2)c1. The van der Waals surface area contributed by atoms with Gasteiger partial charge in [0.1, 0.15) is 0 Å². The minimum atomic E-state index is -0.210. The third-order valence-corrected chi connectivity index (χ3v) is 3.80. The second kappa shape index (κ2) is 6.36. The maximum atomic E-state index is 11.4.